The molecule has 1 saturated heterocycles. The van der Waals surface area contributed by atoms with Gasteiger partial charge in [0.05, 0.1) is 11.4 Å². The Bertz CT molecular complexity index is 843. The number of hydrogen-bond acceptors (Lipinski definition) is 3. The van der Waals surface area contributed by atoms with Crippen LogP contribution >= 0.6 is 0 Å². The number of aliphatic hydroxyl groups excluding tert-OH is 1. The van der Waals surface area contributed by atoms with Gasteiger partial charge in [-0.2, -0.15) is 5.10 Å². The van der Waals surface area contributed by atoms with Crippen molar-refractivity contribution < 1.29 is 5.11 Å². The van der Waals surface area contributed by atoms with Crippen LogP contribution in [-0.4, -0.2) is 39.0 Å². The number of likely N-dealkylation sites (tertiary alicyclic amines) is 1. The SMILES string of the molecule is OCCC1CCCCN1Cc1cn(-c2ccccc2)nc1-c1ccccc1. The molecule has 0 bridgehead atoms. The maximum absolute atomic E-state index is 9.44. The van der Waals surface area contributed by atoms with Crippen molar-refractivity contribution in [3.63, 3.8) is 0 Å². The Morgan fingerprint density at radius 3 is 2.44 bits per heavy atom. The number of rotatable bonds is 6. The summed E-state index contributed by atoms with van der Waals surface area (Å²) >= 11 is 0. The zero-order chi connectivity index (χ0) is 18.5. The summed E-state index contributed by atoms with van der Waals surface area (Å²) in [6, 6.07) is 21.2. The average molecular weight is 361 g/mol. The van der Waals surface area contributed by atoms with Gasteiger partial charge in [-0.05, 0) is 37.9 Å². The highest BCUT2D eigenvalue weighted by atomic mass is 16.3. The van der Waals surface area contributed by atoms with Crippen molar-refractivity contribution in [1.82, 2.24) is 14.7 Å². The van der Waals surface area contributed by atoms with Gasteiger partial charge in [0.25, 0.3) is 0 Å². The maximum atomic E-state index is 9.44. The molecule has 0 radical (unpaired) electrons. The van der Waals surface area contributed by atoms with Crippen molar-refractivity contribution in [2.45, 2.75) is 38.3 Å². The summed E-state index contributed by atoms with van der Waals surface area (Å²) in [6.07, 6.45) is 6.69. The van der Waals surface area contributed by atoms with Gasteiger partial charge in [0.1, 0.15) is 0 Å². The molecule has 2 aromatic carbocycles. The van der Waals surface area contributed by atoms with Crippen LogP contribution in [0.5, 0.6) is 0 Å². The first-order valence-corrected chi connectivity index (χ1v) is 9.89. The van der Waals surface area contributed by atoms with E-state index in [1.807, 2.05) is 28.9 Å². The van der Waals surface area contributed by atoms with Crippen LogP contribution in [0, 0.1) is 0 Å². The third kappa shape index (κ3) is 4.12. The smallest absolute Gasteiger partial charge is 0.0972 e. The number of aromatic nitrogens is 2. The van der Waals surface area contributed by atoms with Crippen LogP contribution in [0.4, 0.5) is 0 Å². The lowest BCUT2D eigenvalue weighted by molar-refractivity contribution is 0.112. The van der Waals surface area contributed by atoms with E-state index in [1.54, 1.807) is 0 Å². The molecule has 0 aliphatic carbocycles. The molecule has 3 aromatic rings. The minimum atomic E-state index is 0.260. The van der Waals surface area contributed by atoms with Crippen LogP contribution < -0.4 is 0 Å². The fraction of sp³-hybridized carbons (Fsp3) is 0.348. The summed E-state index contributed by atoms with van der Waals surface area (Å²) in [7, 11) is 0. The Hall–Kier alpha value is -2.43. The van der Waals surface area contributed by atoms with Crippen molar-refractivity contribution in [2.24, 2.45) is 0 Å². The highest BCUT2D eigenvalue weighted by Gasteiger charge is 2.24. The zero-order valence-corrected chi connectivity index (χ0v) is 15.7. The molecule has 2 heterocycles. The largest absolute Gasteiger partial charge is 0.396 e. The van der Waals surface area contributed by atoms with E-state index < -0.39 is 0 Å². The van der Waals surface area contributed by atoms with Crippen LogP contribution in [-0.2, 0) is 6.54 Å². The van der Waals surface area contributed by atoms with Crippen LogP contribution in [0.1, 0.15) is 31.2 Å². The van der Waals surface area contributed by atoms with Crippen molar-refractivity contribution >= 4 is 0 Å². The van der Waals surface area contributed by atoms with E-state index in [9.17, 15) is 5.11 Å². The van der Waals surface area contributed by atoms with E-state index in [0.29, 0.717) is 6.04 Å². The zero-order valence-electron chi connectivity index (χ0n) is 15.7. The summed E-state index contributed by atoms with van der Waals surface area (Å²) in [4.78, 5) is 2.53. The first-order valence-electron chi connectivity index (χ1n) is 9.89. The molecule has 4 heteroatoms. The standard InChI is InChI=1S/C23H27N3O/c27-16-14-21-11-7-8-15-25(21)17-20-18-26(22-12-5-2-6-13-22)24-23(20)19-9-3-1-4-10-19/h1-6,9-10,12-13,18,21,27H,7-8,11,14-17H2. The molecule has 1 N–H and O–H groups in total. The predicted molar refractivity (Wildman–Crippen MR) is 109 cm³/mol. The average Bonchev–Trinajstić information content (AvgIpc) is 3.15. The lowest BCUT2D eigenvalue weighted by Crippen LogP contribution is -2.39. The molecule has 1 aliphatic heterocycles. The number of nitrogens with zero attached hydrogens (tertiary/aromatic N) is 3. The molecule has 4 nitrogen and oxygen atoms in total. The predicted octanol–water partition coefficient (Wildman–Crippen LogP) is 4.28. The summed E-state index contributed by atoms with van der Waals surface area (Å²) in [5.74, 6) is 0. The van der Waals surface area contributed by atoms with Gasteiger partial charge < -0.3 is 5.11 Å². The van der Waals surface area contributed by atoms with Gasteiger partial charge >= 0.3 is 0 Å². The number of aliphatic hydroxyl groups is 1. The van der Waals surface area contributed by atoms with E-state index >= 15 is 0 Å². The topological polar surface area (TPSA) is 41.3 Å². The lowest BCUT2D eigenvalue weighted by Gasteiger charge is -2.35. The van der Waals surface area contributed by atoms with Crippen LogP contribution in [0.25, 0.3) is 16.9 Å². The molecule has 0 saturated carbocycles. The monoisotopic (exact) mass is 361 g/mol. The molecule has 1 fully saturated rings. The second kappa shape index (κ2) is 8.51. The molecule has 1 aliphatic rings. The molecule has 1 atom stereocenters. The molecule has 27 heavy (non-hydrogen) atoms. The van der Waals surface area contributed by atoms with Crippen molar-refractivity contribution in [3.8, 4) is 16.9 Å². The van der Waals surface area contributed by atoms with E-state index in [4.69, 9.17) is 5.10 Å². The first kappa shape index (κ1) is 18.0. The molecule has 0 amide bonds. The van der Waals surface area contributed by atoms with Gasteiger partial charge in [-0.3, -0.25) is 4.90 Å². The van der Waals surface area contributed by atoms with Crippen molar-refractivity contribution in [3.05, 3.63) is 72.4 Å². The van der Waals surface area contributed by atoms with E-state index in [1.165, 1.54) is 24.8 Å². The summed E-state index contributed by atoms with van der Waals surface area (Å²) in [5.41, 5.74) is 4.52. The van der Waals surface area contributed by atoms with E-state index in [2.05, 4.69) is 47.5 Å². The Morgan fingerprint density at radius 2 is 1.70 bits per heavy atom. The van der Waals surface area contributed by atoms with Crippen molar-refractivity contribution in [1.29, 1.82) is 0 Å². The molecule has 1 aromatic heterocycles. The number of para-hydroxylation sites is 1. The van der Waals surface area contributed by atoms with E-state index in [0.717, 1.165) is 36.5 Å². The van der Waals surface area contributed by atoms with E-state index in [-0.39, 0.29) is 6.61 Å². The fourth-order valence-corrected chi connectivity index (χ4v) is 4.04. The molecule has 1 unspecified atom stereocenters. The van der Waals surface area contributed by atoms with Gasteiger partial charge in [-0.15, -0.1) is 0 Å². The Morgan fingerprint density at radius 1 is 0.963 bits per heavy atom. The third-order valence-electron chi connectivity index (χ3n) is 5.44. The third-order valence-corrected chi connectivity index (χ3v) is 5.44. The second-order valence-electron chi connectivity index (χ2n) is 7.28. The van der Waals surface area contributed by atoms with Gasteiger partial charge in [0.15, 0.2) is 0 Å². The van der Waals surface area contributed by atoms with Gasteiger partial charge in [-0.1, -0.05) is 55.0 Å². The molecule has 140 valence electrons. The highest BCUT2D eigenvalue weighted by molar-refractivity contribution is 5.63. The fourth-order valence-electron chi connectivity index (χ4n) is 4.04. The summed E-state index contributed by atoms with van der Waals surface area (Å²) < 4.78 is 1.99. The lowest BCUT2D eigenvalue weighted by atomic mass is 9.98. The highest BCUT2D eigenvalue weighted by Crippen LogP contribution is 2.28. The maximum Gasteiger partial charge on any atom is 0.0972 e. The molecular weight excluding hydrogens is 334 g/mol. The minimum absolute atomic E-state index is 0.260. The first-order chi connectivity index (χ1) is 13.3. The Kier molecular flexibility index (Phi) is 5.66. The molecule has 4 rings (SSSR count). The van der Waals surface area contributed by atoms with Crippen LogP contribution in [0.3, 0.4) is 0 Å². The minimum Gasteiger partial charge on any atom is -0.396 e. The Labute approximate surface area is 161 Å². The van der Waals surface area contributed by atoms with Crippen LogP contribution in [0.15, 0.2) is 66.9 Å². The Balaban J connectivity index is 1.68. The number of hydrogen-bond donors (Lipinski definition) is 1. The number of piperidine rings is 1. The summed E-state index contributed by atoms with van der Waals surface area (Å²) in [5, 5.41) is 14.4. The van der Waals surface area contributed by atoms with Crippen molar-refractivity contribution in [2.75, 3.05) is 13.2 Å². The number of benzene rings is 2. The molecule has 0 spiro atoms. The van der Waals surface area contributed by atoms with Gasteiger partial charge in [0.2, 0.25) is 0 Å². The summed E-state index contributed by atoms with van der Waals surface area (Å²) in [6.45, 7) is 2.23. The van der Waals surface area contributed by atoms with Gasteiger partial charge in [0, 0.05) is 36.5 Å². The normalized spacial score (nSPS) is 17.9. The van der Waals surface area contributed by atoms with Gasteiger partial charge in [-0.25, -0.2) is 4.68 Å². The molecular formula is C23H27N3O. The quantitative estimate of drug-likeness (QED) is 0.713. The van der Waals surface area contributed by atoms with Crippen LogP contribution in [0.2, 0.25) is 0 Å². The second-order valence-corrected chi connectivity index (χ2v) is 7.28.